The second kappa shape index (κ2) is 4.10. The number of nitrogens with two attached hydrogens (primary N) is 1. The normalized spacial score (nSPS) is 12.2. The van der Waals surface area contributed by atoms with Crippen molar-refractivity contribution in [2.45, 2.75) is 13.0 Å². The van der Waals surface area contributed by atoms with Gasteiger partial charge in [0.15, 0.2) is 0 Å². The highest BCUT2D eigenvalue weighted by Gasteiger charge is 2.05. The minimum atomic E-state index is -0.0918. The van der Waals surface area contributed by atoms with E-state index >= 15 is 0 Å². The smallest absolute Gasteiger partial charge is 0.119 e. The molecule has 1 atom stereocenters. The monoisotopic (exact) mass is 177 g/mol. The first kappa shape index (κ1) is 9.81. The Kier molecular flexibility index (Phi) is 3.09. The first-order valence-electron chi connectivity index (χ1n) is 4.21. The lowest BCUT2D eigenvalue weighted by Gasteiger charge is -2.11. The molecule has 13 heavy (non-hydrogen) atoms. The Balaban J connectivity index is 3.04. The lowest BCUT2D eigenvalue weighted by atomic mass is 10.0. The summed E-state index contributed by atoms with van der Waals surface area (Å²) >= 11 is 0. The summed E-state index contributed by atoms with van der Waals surface area (Å²) in [4.78, 5) is 0. The van der Waals surface area contributed by atoms with Gasteiger partial charge in [-0.1, -0.05) is 12.1 Å². The van der Waals surface area contributed by atoms with Crippen LogP contribution in [0.15, 0.2) is 30.9 Å². The van der Waals surface area contributed by atoms with E-state index in [2.05, 4.69) is 6.58 Å². The molecule has 0 fully saturated rings. The van der Waals surface area contributed by atoms with Crippen LogP contribution >= 0.6 is 0 Å². The Bertz CT molecular complexity index is 307. The quantitative estimate of drug-likeness (QED) is 0.718. The zero-order valence-corrected chi connectivity index (χ0v) is 8.08. The average molecular weight is 177 g/mol. The van der Waals surface area contributed by atoms with E-state index < -0.39 is 0 Å². The van der Waals surface area contributed by atoms with E-state index in [-0.39, 0.29) is 6.04 Å². The van der Waals surface area contributed by atoms with Gasteiger partial charge in [-0.3, -0.25) is 0 Å². The first-order chi connectivity index (χ1) is 6.19. The molecule has 0 bridgehead atoms. The van der Waals surface area contributed by atoms with Gasteiger partial charge in [-0.25, -0.2) is 0 Å². The molecule has 1 unspecified atom stereocenters. The van der Waals surface area contributed by atoms with Gasteiger partial charge in [0, 0.05) is 6.04 Å². The maximum Gasteiger partial charge on any atom is 0.119 e. The third-order valence-corrected chi connectivity index (χ3v) is 2.09. The number of benzene rings is 1. The minimum absolute atomic E-state index is 0.0918. The summed E-state index contributed by atoms with van der Waals surface area (Å²) in [7, 11) is 1.65. The highest BCUT2D eigenvalue weighted by molar-refractivity contribution is 5.37. The van der Waals surface area contributed by atoms with Crippen LogP contribution in [0, 0.1) is 6.92 Å². The van der Waals surface area contributed by atoms with E-state index in [0.717, 1.165) is 16.9 Å². The van der Waals surface area contributed by atoms with E-state index in [4.69, 9.17) is 10.5 Å². The zero-order valence-electron chi connectivity index (χ0n) is 8.08. The number of ether oxygens (including phenoxy) is 1. The summed E-state index contributed by atoms with van der Waals surface area (Å²) in [5.41, 5.74) is 8.05. The van der Waals surface area contributed by atoms with Crippen LogP contribution in [0.5, 0.6) is 5.75 Å². The molecular weight excluding hydrogens is 162 g/mol. The maximum absolute atomic E-state index is 5.83. The number of methoxy groups -OCH3 is 1. The Morgan fingerprint density at radius 1 is 1.54 bits per heavy atom. The van der Waals surface area contributed by atoms with Gasteiger partial charge in [-0.2, -0.15) is 0 Å². The van der Waals surface area contributed by atoms with Crippen molar-refractivity contribution in [3.05, 3.63) is 42.0 Å². The fraction of sp³-hybridized carbons (Fsp3) is 0.273. The third kappa shape index (κ3) is 2.10. The molecule has 1 aromatic rings. The standard InChI is InChI=1S/C11H15NO/c1-4-11(12)10-6-5-9(13-3)7-8(10)2/h4-7,11H,1,12H2,2-3H3. The molecule has 2 N–H and O–H groups in total. The van der Waals surface area contributed by atoms with Crippen molar-refractivity contribution in [1.82, 2.24) is 0 Å². The lowest BCUT2D eigenvalue weighted by molar-refractivity contribution is 0.414. The predicted octanol–water partition coefficient (Wildman–Crippen LogP) is 2.19. The summed E-state index contributed by atoms with van der Waals surface area (Å²) in [5, 5.41) is 0. The van der Waals surface area contributed by atoms with Gasteiger partial charge < -0.3 is 10.5 Å². The largest absolute Gasteiger partial charge is 0.497 e. The number of hydrogen-bond donors (Lipinski definition) is 1. The fourth-order valence-corrected chi connectivity index (χ4v) is 1.28. The van der Waals surface area contributed by atoms with Crippen molar-refractivity contribution in [3.8, 4) is 5.75 Å². The molecule has 2 heteroatoms. The van der Waals surface area contributed by atoms with Crippen molar-refractivity contribution in [1.29, 1.82) is 0 Å². The Labute approximate surface area is 79.0 Å². The van der Waals surface area contributed by atoms with E-state index in [1.54, 1.807) is 13.2 Å². The van der Waals surface area contributed by atoms with Gasteiger partial charge in [0.05, 0.1) is 7.11 Å². The summed E-state index contributed by atoms with van der Waals surface area (Å²) in [6.45, 7) is 5.68. The van der Waals surface area contributed by atoms with Crippen LogP contribution in [0.2, 0.25) is 0 Å². The van der Waals surface area contributed by atoms with Crippen LogP contribution in [-0.4, -0.2) is 7.11 Å². The molecule has 0 aliphatic carbocycles. The summed E-state index contributed by atoms with van der Waals surface area (Å²) in [5.74, 6) is 0.859. The molecule has 0 aliphatic heterocycles. The first-order valence-corrected chi connectivity index (χ1v) is 4.21. The molecule has 0 amide bonds. The molecule has 2 nitrogen and oxygen atoms in total. The van der Waals surface area contributed by atoms with Gasteiger partial charge in [0.2, 0.25) is 0 Å². The molecule has 1 rings (SSSR count). The van der Waals surface area contributed by atoms with Gasteiger partial charge in [0.1, 0.15) is 5.75 Å². The van der Waals surface area contributed by atoms with E-state index in [1.807, 2.05) is 25.1 Å². The zero-order chi connectivity index (χ0) is 9.84. The summed E-state index contributed by atoms with van der Waals surface area (Å²) in [6, 6.07) is 5.76. The van der Waals surface area contributed by atoms with Crippen molar-refractivity contribution in [2.24, 2.45) is 5.73 Å². The minimum Gasteiger partial charge on any atom is -0.497 e. The molecule has 1 aromatic carbocycles. The van der Waals surface area contributed by atoms with Crippen molar-refractivity contribution in [2.75, 3.05) is 7.11 Å². The van der Waals surface area contributed by atoms with E-state index in [1.165, 1.54) is 0 Å². The predicted molar refractivity (Wildman–Crippen MR) is 54.9 cm³/mol. The molecule has 0 aromatic heterocycles. The summed E-state index contributed by atoms with van der Waals surface area (Å²) in [6.07, 6.45) is 1.73. The Morgan fingerprint density at radius 3 is 2.69 bits per heavy atom. The number of aryl methyl sites for hydroxylation is 1. The number of rotatable bonds is 3. The highest BCUT2D eigenvalue weighted by atomic mass is 16.5. The van der Waals surface area contributed by atoms with Gasteiger partial charge in [-0.15, -0.1) is 6.58 Å². The van der Waals surface area contributed by atoms with Crippen LogP contribution in [0.3, 0.4) is 0 Å². The SMILES string of the molecule is C=CC(N)c1ccc(OC)cc1C. The lowest BCUT2D eigenvalue weighted by Crippen LogP contribution is -2.08. The topological polar surface area (TPSA) is 35.2 Å². The Morgan fingerprint density at radius 2 is 2.23 bits per heavy atom. The van der Waals surface area contributed by atoms with Crippen LogP contribution in [0.25, 0.3) is 0 Å². The van der Waals surface area contributed by atoms with Gasteiger partial charge in [-0.05, 0) is 30.2 Å². The molecule has 0 saturated heterocycles. The molecule has 0 saturated carbocycles. The van der Waals surface area contributed by atoms with Crippen LogP contribution in [0.4, 0.5) is 0 Å². The van der Waals surface area contributed by atoms with Crippen molar-refractivity contribution >= 4 is 0 Å². The third-order valence-electron chi connectivity index (χ3n) is 2.09. The van der Waals surface area contributed by atoms with E-state index in [9.17, 15) is 0 Å². The molecule has 0 spiro atoms. The van der Waals surface area contributed by atoms with Gasteiger partial charge in [0.25, 0.3) is 0 Å². The van der Waals surface area contributed by atoms with E-state index in [0.29, 0.717) is 0 Å². The van der Waals surface area contributed by atoms with Crippen LogP contribution in [0.1, 0.15) is 17.2 Å². The molecule has 0 heterocycles. The highest BCUT2D eigenvalue weighted by Crippen LogP contribution is 2.21. The maximum atomic E-state index is 5.83. The average Bonchev–Trinajstić information content (AvgIpc) is 2.16. The van der Waals surface area contributed by atoms with Crippen molar-refractivity contribution in [3.63, 3.8) is 0 Å². The molecule has 0 aliphatic rings. The summed E-state index contributed by atoms with van der Waals surface area (Å²) < 4.78 is 5.10. The second-order valence-corrected chi connectivity index (χ2v) is 2.98. The van der Waals surface area contributed by atoms with Gasteiger partial charge >= 0.3 is 0 Å². The second-order valence-electron chi connectivity index (χ2n) is 2.98. The fourth-order valence-electron chi connectivity index (χ4n) is 1.28. The Hall–Kier alpha value is -1.28. The molecular formula is C11H15NO. The molecule has 0 radical (unpaired) electrons. The van der Waals surface area contributed by atoms with Crippen LogP contribution in [-0.2, 0) is 0 Å². The molecule has 70 valence electrons. The van der Waals surface area contributed by atoms with Crippen molar-refractivity contribution < 1.29 is 4.74 Å². The van der Waals surface area contributed by atoms with Crippen LogP contribution < -0.4 is 10.5 Å². The number of hydrogen-bond acceptors (Lipinski definition) is 2.